The summed E-state index contributed by atoms with van der Waals surface area (Å²) in [5, 5.41) is 12.1. The van der Waals surface area contributed by atoms with Gasteiger partial charge in [0.05, 0.1) is 5.57 Å². The Morgan fingerprint density at radius 2 is 1.83 bits per heavy atom. The normalized spacial score (nSPS) is 17.4. The van der Waals surface area contributed by atoms with E-state index in [2.05, 4.69) is 5.32 Å². The Morgan fingerprint density at radius 3 is 2.54 bits per heavy atom. The van der Waals surface area contributed by atoms with Gasteiger partial charge < -0.3 is 15.2 Å². The van der Waals surface area contributed by atoms with Crippen LogP contribution in [0, 0.1) is 0 Å². The molecule has 3 rings (SSSR count). The number of nitrogens with one attached hydrogen (secondary N) is 1. The minimum absolute atomic E-state index is 0.105. The Bertz CT molecular complexity index is 811. The van der Waals surface area contributed by atoms with E-state index in [1.807, 2.05) is 36.4 Å². The fourth-order valence-electron chi connectivity index (χ4n) is 2.89. The first-order valence-electron chi connectivity index (χ1n) is 7.61. The Balaban J connectivity index is 1.94. The molecule has 24 heavy (non-hydrogen) atoms. The van der Waals surface area contributed by atoms with Crippen molar-refractivity contribution < 1.29 is 19.4 Å². The molecule has 0 fully saturated rings. The minimum Gasteiger partial charge on any atom is -0.478 e. The molecule has 1 atom stereocenters. The summed E-state index contributed by atoms with van der Waals surface area (Å²) in [6.07, 6.45) is 0.105. The van der Waals surface area contributed by atoms with Crippen molar-refractivity contribution >= 4 is 11.9 Å². The van der Waals surface area contributed by atoms with Crippen LogP contribution in [0.1, 0.15) is 24.8 Å². The van der Waals surface area contributed by atoms with E-state index >= 15 is 0 Å². The van der Waals surface area contributed by atoms with E-state index in [9.17, 15) is 14.7 Å². The summed E-state index contributed by atoms with van der Waals surface area (Å²) in [6.45, 7) is 1.61. The van der Waals surface area contributed by atoms with Gasteiger partial charge in [-0.15, -0.1) is 0 Å². The number of aliphatic carboxylic acids is 1. The van der Waals surface area contributed by atoms with E-state index in [1.54, 1.807) is 25.1 Å². The number of benzene rings is 2. The second-order valence-corrected chi connectivity index (χ2v) is 5.64. The maximum Gasteiger partial charge on any atom is 0.333 e. The highest BCUT2D eigenvalue weighted by molar-refractivity contribution is 5.94. The fourth-order valence-corrected chi connectivity index (χ4v) is 2.89. The Labute approximate surface area is 139 Å². The average molecular weight is 323 g/mol. The molecule has 5 nitrogen and oxygen atoms in total. The van der Waals surface area contributed by atoms with Crippen molar-refractivity contribution in [2.45, 2.75) is 19.3 Å². The number of allylic oxidation sites excluding steroid dienone is 1. The zero-order chi connectivity index (χ0) is 17.1. The molecule has 2 aromatic rings. The fraction of sp³-hybridized carbons (Fsp3) is 0.158. The van der Waals surface area contributed by atoms with Crippen LogP contribution in [0.3, 0.4) is 0 Å². The van der Waals surface area contributed by atoms with Crippen LogP contribution in [0.2, 0.25) is 0 Å². The molecule has 0 aromatic heterocycles. The molecule has 0 aliphatic carbocycles. The highest BCUT2D eigenvalue weighted by atomic mass is 16.5. The second kappa shape index (κ2) is 6.58. The molecule has 0 spiro atoms. The van der Waals surface area contributed by atoms with Gasteiger partial charge in [0.2, 0.25) is 5.91 Å². The summed E-state index contributed by atoms with van der Waals surface area (Å²) in [7, 11) is 0. The number of ether oxygens (including phenoxy) is 1. The molecule has 5 heteroatoms. The Morgan fingerprint density at radius 1 is 1.12 bits per heavy atom. The molecule has 1 unspecified atom stereocenters. The number of hydrogen-bond donors (Lipinski definition) is 2. The molecule has 2 N–H and O–H groups in total. The van der Waals surface area contributed by atoms with Gasteiger partial charge in [-0.1, -0.05) is 30.3 Å². The lowest BCUT2D eigenvalue weighted by Gasteiger charge is -2.25. The van der Waals surface area contributed by atoms with Gasteiger partial charge in [0.1, 0.15) is 11.5 Å². The summed E-state index contributed by atoms with van der Waals surface area (Å²) >= 11 is 0. The van der Waals surface area contributed by atoms with E-state index in [0.29, 0.717) is 17.2 Å². The molecule has 0 bridgehead atoms. The molecule has 2 aromatic carbocycles. The summed E-state index contributed by atoms with van der Waals surface area (Å²) in [5.74, 6) is -0.396. The van der Waals surface area contributed by atoms with Gasteiger partial charge in [0, 0.05) is 18.0 Å². The van der Waals surface area contributed by atoms with Gasteiger partial charge in [-0.2, -0.15) is 0 Å². The number of carboxylic acids is 1. The van der Waals surface area contributed by atoms with Gasteiger partial charge in [-0.25, -0.2) is 4.79 Å². The van der Waals surface area contributed by atoms with Crippen LogP contribution in [-0.2, 0) is 9.59 Å². The van der Waals surface area contributed by atoms with Crippen LogP contribution in [0.4, 0.5) is 0 Å². The van der Waals surface area contributed by atoms with Crippen LogP contribution in [0.5, 0.6) is 11.5 Å². The van der Waals surface area contributed by atoms with E-state index in [4.69, 9.17) is 4.74 Å². The monoisotopic (exact) mass is 323 g/mol. The zero-order valence-electron chi connectivity index (χ0n) is 13.2. The molecule has 0 saturated heterocycles. The molecular formula is C19H17NO4. The smallest absolute Gasteiger partial charge is 0.333 e. The maximum atomic E-state index is 11.8. The minimum atomic E-state index is -1.02. The molecule has 122 valence electrons. The number of para-hydroxylation sites is 1. The molecule has 0 radical (unpaired) electrons. The number of carbonyl (C=O) groups is 2. The predicted molar refractivity (Wildman–Crippen MR) is 88.8 cm³/mol. The summed E-state index contributed by atoms with van der Waals surface area (Å²) < 4.78 is 5.80. The Hall–Kier alpha value is -3.08. The highest BCUT2D eigenvalue weighted by Crippen LogP contribution is 2.35. The van der Waals surface area contributed by atoms with Crippen molar-refractivity contribution in [2.75, 3.05) is 0 Å². The van der Waals surface area contributed by atoms with Crippen LogP contribution in [-0.4, -0.2) is 17.0 Å². The zero-order valence-corrected chi connectivity index (χ0v) is 13.2. The van der Waals surface area contributed by atoms with Crippen LogP contribution in [0.25, 0.3) is 0 Å². The topological polar surface area (TPSA) is 75.6 Å². The molecule has 1 aliphatic heterocycles. The number of rotatable bonds is 4. The second-order valence-electron chi connectivity index (χ2n) is 5.64. The van der Waals surface area contributed by atoms with Crippen molar-refractivity contribution in [3.8, 4) is 11.5 Å². The van der Waals surface area contributed by atoms with E-state index in [1.165, 1.54) is 0 Å². The third kappa shape index (κ3) is 3.30. The number of carbonyl (C=O) groups excluding carboxylic acids is 1. The highest BCUT2D eigenvalue weighted by Gasteiger charge is 2.31. The third-order valence-corrected chi connectivity index (χ3v) is 3.94. The lowest BCUT2D eigenvalue weighted by Crippen LogP contribution is -2.33. The summed E-state index contributed by atoms with van der Waals surface area (Å²) in [6, 6.07) is 16.5. The first-order valence-corrected chi connectivity index (χ1v) is 7.61. The lowest BCUT2D eigenvalue weighted by molar-refractivity contribution is -0.133. The van der Waals surface area contributed by atoms with E-state index < -0.39 is 11.9 Å². The average Bonchev–Trinajstić information content (AvgIpc) is 2.55. The van der Waals surface area contributed by atoms with Crippen molar-refractivity contribution in [3.63, 3.8) is 0 Å². The van der Waals surface area contributed by atoms with Gasteiger partial charge in [-0.3, -0.25) is 4.79 Å². The molecular weight excluding hydrogens is 306 g/mol. The van der Waals surface area contributed by atoms with Crippen LogP contribution < -0.4 is 10.1 Å². The van der Waals surface area contributed by atoms with Crippen LogP contribution >= 0.6 is 0 Å². The van der Waals surface area contributed by atoms with Gasteiger partial charge in [0.15, 0.2) is 0 Å². The Kier molecular flexibility index (Phi) is 4.33. The quantitative estimate of drug-likeness (QED) is 0.904. The summed E-state index contributed by atoms with van der Waals surface area (Å²) in [5.41, 5.74) is 1.35. The largest absolute Gasteiger partial charge is 0.478 e. The van der Waals surface area contributed by atoms with E-state index in [-0.39, 0.29) is 17.9 Å². The van der Waals surface area contributed by atoms with Crippen molar-refractivity contribution in [2.24, 2.45) is 0 Å². The van der Waals surface area contributed by atoms with Crippen molar-refractivity contribution in [1.29, 1.82) is 0 Å². The molecule has 1 aliphatic rings. The standard InChI is InChI=1S/C19H17NO4/c1-12-18(19(22)23)16(11-17(21)20-12)13-6-5-9-15(10-13)24-14-7-3-2-4-8-14/h2-10,16H,11H2,1H3,(H,20,21)(H,22,23). The first kappa shape index (κ1) is 15.8. The first-order chi connectivity index (χ1) is 11.5. The lowest BCUT2D eigenvalue weighted by atomic mass is 9.84. The number of hydrogen-bond acceptors (Lipinski definition) is 3. The van der Waals surface area contributed by atoms with Crippen LogP contribution in [0.15, 0.2) is 65.9 Å². The van der Waals surface area contributed by atoms with Crippen molar-refractivity contribution in [1.82, 2.24) is 5.32 Å². The molecule has 1 heterocycles. The number of carboxylic acid groups (broad SMARTS) is 1. The molecule has 0 saturated carbocycles. The predicted octanol–water partition coefficient (Wildman–Crippen LogP) is 3.44. The van der Waals surface area contributed by atoms with Crippen molar-refractivity contribution in [3.05, 3.63) is 71.4 Å². The molecule has 1 amide bonds. The van der Waals surface area contributed by atoms with Gasteiger partial charge >= 0.3 is 5.97 Å². The summed E-state index contributed by atoms with van der Waals surface area (Å²) in [4.78, 5) is 23.4. The third-order valence-electron chi connectivity index (χ3n) is 3.94. The van der Waals surface area contributed by atoms with E-state index in [0.717, 1.165) is 5.56 Å². The number of amides is 1. The van der Waals surface area contributed by atoms with Gasteiger partial charge in [-0.05, 0) is 36.8 Å². The maximum absolute atomic E-state index is 11.8. The SMILES string of the molecule is CC1=C(C(=O)O)C(c2cccc(Oc3ccccc3)c2)CC(=O)N1. The van der Waals surface area contributed by atoms with Gasteiger partial charge in [0.25, 0.3) is 0 Å².